The largest absolute Gasteiger partial charge is 0.384 e. The van der Waals surface area contributed by atoms with E-state index in [9.17, 15) is 19.2 Å². The maximum absolute atomic E-state index is 11.7. The first-order chi connectivity index (χ1) is 13.1. The molecular formula is C22H39N5O4. The molecule has 0 aliphatic carbocycles. The fourth-order valence-electron chi connectivity index (χ4n) is 2.27. The van der Waals surface area contributed by atoms with Gasteiger partial charge in [0.1, 0.15) is 11.4 Å². The Morgan fingerprint density at radius 3 is 1.77 bits per heavy atom. The number of nitrogens with zero attached hydrogens (tertiary/aromatic N) is 3. The zero-order valence-corrected chi connectivity index (χ0v) is 17.0. The Hall–Kier alpha value is -3.23. The molecule has 0 amide bonds. The second-order valence-electron chi connectivity index (χ2n) is 6.23. The highest BCUT2D eigenvalue weighted by Gasteiger charge is 2.13. The zero-order chi connectivity index (χ0) is 21.4. The van der Waals surface area contributed by atoms with Crippen LogP contribution in [-0.2, 0) is 9.59 Å². The molecule has 9 heteroatoms. The molecule has 0 aliphatic rings. The molecule has 0 saturated carbocycles. The van der Waals surface area contributed by atoms with Crippen molar-refractivity contribution in [1.29, 1.82) is 0 Å². The molecule has 0 saturated heterocycles. The van der Waals surface area contributed by atoms with Crippen LogP contribution in [0.4, 0.5) is 11.4 Å². The average Bonchev–Trinajstić information content (AvgIpc) is 2.67. The number of carbonyl (C=O) groups is 2. The minimum absolute atomic E-state index is 0. The van der Waals surface area contributed by atoms with E-state index in [1.807, 2.05) is 0 Å². The molecule has 9 nitrogen and oxygen atoms in total. The number of anilines is 2. The number of pyridine rings is 1. The van der Waals surface area contributed by atoms with Crippen molar-refractivity contribution in [3.8, 4) is 0 Å². The first-order valence-electron chi connectivity index (χ1n) is 8.79. The molecule has 31 heavy (non-hydrogen) atoms. The van der Waals surface area contributed by atoms with Crippen LogP contribution in [0.2, 0.25) is 0 Å². The number of hydrogen-bond acceptors (Lipinski definition) is 7. The standard InChI is InChI=1S/C10H14N2O2.C9H13N3O2.3CH4/c1-7(8(2)13)12-6-4-5-9(11-3)10(12)14;1-6(7(2)13)12-5-11-4-8(10-3)9(12)14;;;/h4-7,11H,1-3H3;4-6,10H,1-3H3;3*1H4. The van der Waals surface area contributed by atoms with E-state index < -0.39 is 12.1 Å². The first kappa shape index (κ1) is 32.4. The van der Waals surface area contributed by atoms with E-state index in [0.717, 1.165) is 0 Å². The normalized spacial score (nSPS) is 11.0. The van der Waals surface area contributed by atoms with Gasteiger partial charge in [-0.25, -0.2) is 4.98 Å². The fraction of sp³-hybridized carbons (Fsp3) is 0.500. The highest BCUT2D eigenvalue weighted by atomic mass is 16.2. The number of aromatic nitrogens is 3. The Kier molecular flexibility index (Phi) is 15.4. The summed E-state index contributed by atoms with van der Waals surface area (Å²) < 4.78 is 2.74. The number of ketones is 2. The van der Waals surface area contributed by atoms with E-state index in [0.29, 0.717) is 11.4 Å². The highest BCUT2D eigenvalue weighted by molar-refractivity contribution is 5.80. The van der Waals surface area contributed by atoms with E-state index in [-0.39, 0.29) is 45.0 Å². The summed E-state index contributed by atoms with van der Waals surface area (Å²) in [6.07, 6.45) is 4.43. The van der Waals surface area contributed by atoms with Crippen molar-refractivity contribution < 1.29 is 9.59 Å². The average molecular weight is 438 g/mol. The molecule has 2 rings (SSSR count). The third-order valence-electron chi connectivity index (χ3n) is 4.38. The summed E-state index contributed by atoms with van der Waals surface area (Å²) in [7, 11) is 3.32. The molecule has 0 bridgehead atoms. The number of rotatable bonds is 6. The lowest BCUT2D eigenvalue weighted by molar-refractivity contribution is -0.120. The zero-order valence-electron chi connectivity index (χ0n) is 17.0. The van der Waals surface area contributed by atoms with E-state index in [1.165, 1.54) is 35.5 Å². The number of nitrogens with one attached hydrogen (secondary N) is 2. The Morgan fingerprint density at radius 2 is 1.32 bits per heavy atom. The van der Waals surface area contributed by atoms with Gasteiger partial charge in [0.15, 0.2) is 11.6 Å². The molecule has 176 valence electrons. The molecule has 0 fully saturated rings. The molecule has 2 atom stereocenters. The van der Waals surface area contributed by atoms with Gasteiger partial charge in [0.05, 0.1) is 24.6 Å². The Balaban J connectivity index is -0.000000461. The summed E-state index contributed by atoms with van der Waals surface area (Å²) in [5.41, 5.74) is 0.490. The van der Waals surface area contributed by atoms with Crippen molar-refractivity contribution in [2.24, 2.45) is 0 Å². The minimum atomic E-state index is -0.469. The van der Waals surface area contributed by atoms with Gasteiger partial charge in [0.2, 0.25) is 0 Å². The lowest BCUT2D eigenvalue weighted by atomic mass is 10.2. The summed E-state index contributed by atoms with van der Waals surface area (Å²) in [5, 5.41) is 5.51. The third kappa shape index (κ3) is 8.19. The summed E-state index contributed by atoms with van der Waals surface area (Å²) >= 11 is 0. The third-order valence-corrected chi connectivity index (χ3v) is 4.38. The van der Waals surface area contributed by atoms with Gasteiger partial charge in [-0.05, 0) is 39.8 Å². The number of hydrogen-bond donors (Lipinski definition) is 2. The summed E-state index contributed by atoms with van der Waals surface area (Å²) in [5.74, 6) is -0.0949. The van der Waals surface area contributed by atoms with Crippen LogP contribution in [0.15, 0.2) is 40.4 Å². The predicted octanol–water partition coefficient (Wildman–Crippen LogP) is 3.38. The molecule has 2 unspecified atom stereocenters. The van der Waals surface area contributed by atoms with E-state index in [2.05, 4.69) is 15.6 Å². The maximum atomic E-state index is 11.7. The minimum Gasteiger partial charge on any atom is -0.384 e. The number of carbonyl (C=O) groups excluding carboxylic acids is 2. The molecule has 2 heterocycles. The van der Waals surface area contributed by atoms with Crippen LogP contribution in [0.5, 0.6) is 0 Å². The molecule has 2 N–H and O–H groups in total. The number of Topliss-reactive ketones (excluding diaryl/α,β-unsaturated/α-hetero) is 2. The van der Waals surface area contributed by atoms with Crippen molar-refractivity contribution in [3.05, 3.63) is 51.6 Å². The van der Waals surface area contributed by atoms with Gasteiger partial charge in [-0.1, -0.05) is 22.3 Å². The Labute approximate surface area is 185 Å². The SMILES string of the molecule is C.C.C.CNc1cccn(C(C)C(C)=O)c1=O.CNc1cncn(C(C)C(C)=O)c1=O. The molecule has 0 spiro atoms. The molecule has 0 aromatic carbocycles. The first-order valence-corrected chi connectivity index (χ1v) is 8.79. The maximum Gasteiger partial charge on any atom is 0.277 e. The van der Waals surface area contributed by atoms with Gasteiger partial charge < -0.3 is 15.2 Å². The van der Waals surface area contributed by atoms with Crippen LogP contribution in [0.1, 0.15) is 62.1 Å². The van der Waals surface area contributed by atoms with Gasteiger partial charge >= 0.3 is 0 Å². The summed E-state index contributed by atoms with van der Waals surface area (Å²) in [4.78, 5) is 49.4. The topological polar surface area (TPSA) is 115 Å². The van der Waals surface area contributed by atoms with Crippen LogP contribution in [0.25, 0.3) is 0 Å². The van der Waals surface area contributed by atoms with Crippen molar-refractivity contribution in [3.63, 3.8) is 0 Å². The van der Waals surface area contributed by atoms with Crippen molar-refractivity contribution in [1.82, 2.24) is 14.1 Å². The van der Waals surface area contributed by atoms with E-state index in [1.54, 1.807) is 46.3 Å². The van der Waals surface area contributed by atoms with Crippen molar-refractivity contribution in [2.75, 3.05) is 24.7 Å². The van der Waals surface area contributed by atoms with Crippen LogP contribution >= 0.6 is 0 Å². The van der Waals surface area contributed by atoms with Gasteiger partial charge in [-0.15, -0.1) is 0 Å². The highest BCUT2D eigenvalue weighted by Crippen LogP contribution is 2.06. The van der Waals surface area contributed by atoms with Crippen LogP contribution in [0.3, 0.4) is 0 Å². The second kappa shape index (κ2) is 14.7. The predicted molar refractivity (Wildman–Crippen MR) is 129 cm³/mol. The summed E-state index contributed by atoms with van der Waals surface area (Å²) in [6, 6.07) is 2.55. The molecule has 0 radical (unpaired) electrons. The molecular weight excluding hydrogens is 398 g/mol. The lowest BCUT2D eigenvalue weighted by Gasteiger charge is -2.12. The van der Waals surface area contributed by atoms with Gasteiger partial charge in [0.25, 0.3) is 11.1 Å². The monoisotopic (exact) mass is 437 g/mol. The van der Waals surface area contributed by atoms with Gasteiger partial charge in [-0.3, -0.25) is 23.7 Å². The van der Waals surface area contributed by atoms with Crippen molar-refractivity contribution in [2.45, 2.75) is 62.1 Å². The van der Waals surface area contributed by atoms with Crippen LogP contribution in [0, 0.1) is 0 Å². The van der Waals surface area contributed by atoms with E-state index >= 15 is 0 Å². The van der Waals surface area contributed by atoms with Gasteiger partial charge in [0, 0.05) is 20.3 Å². The Morgan fingerprint density at radius 1 is 0.871 bits per heavy atom. The molecule has 2 aromatic heterocycles. The fourth-order valence-corrected chi connectivity index (χ4v) is 2.27. The van der Waals surface area contributed by atoms with Crippen LogP contribution in [-0.4, -0.2) is 39.8 Å². The quantitative estimate of drug-likeness (QED) is 0.712. The Bertz CT molecular complexity index is 872. The summed E-state index contributed by atoms with van der Waals surface area (Å²) in [6.45, 7) is 6.31. The van der Waals surface area contributed by atoms with Crippen LogP contribution < -0.4 is 21.8 Å². The van der Waals surface area contributed by atoms with Crippen molar-refractivity contribution >= 4 is 22.9 Å². The smallest absolute Gasteiger partial charge is 0.277 e. The van der Waals surface area contributed by atoms with Gasteiger partial charge in [-0.2, -0.15) is 0 Å². The molecule has 0 aliphatic heterocycles. The lowest BCUT2D eigenvalue weighted by Crippen LogP contribution is -2.28. The molecule has 2 aromatic rings. The second-order valence-corrected chi connectivity index (χ2v) is 6.23. The van der Waals surface area contributed by atoms with E-state index in [4.69, 9.17) is 0 Å².